The lowest BCUT2D eigenvalue weighted by Gasteiger charge is -2.14. The molecule has 0 unspecified atom stereocenters. The molecular formula is C19H21BrN2O2S. The number of amides is 1. The van der Waals surface area contributed by atoms with Gasteiger partial charge in [-0.3, -0.25) is 10.1 Å². The van der Waals surface area contributed by atoms with E-state index in [1.807, 2.05) is 36.4 Å². The molecule has 0 radical (unpaired) electrons. The second-order valence-corrected chi connectivity index (χ2v) is 7.27. The molecule has 0 fully saturated rings. The number of carbonyl (C=O) groups is 1. The summed E-state index contributed by atoms with van der Waals surface area (Å²) in [6.07, 6.45) is 0.922. The van der Waals surface area contributed by atoms with E-state index in [1.54, 1.807) is 12.1 Å². The van der Waals surface area contributed by atoms with Crippen molar-refractivity contribution in [2.45, 2.75) is 20.3 Å². The van der Waals surface area contributed by atoms with Crippen molar-refractivity contribution in [2.75, 3.05) is 11.9 Å². The van der Waals surface area contributed by atoms with E-state index in [2.05, 4.69) is 40.4 Å². The lowest BCUT2D eigenvalue weighted by atomic mass is 10.1. The average Bonchev–Trinajstić information content (AvgIpc) is 2.56. The number of rotatable bonds is 6. The Labute approximate surface area is 162 Å². The zero-order chi connectivity index (χ0) is 18.2. The molecule has 0 aromatic heterocycles. The molecule has 0 aliphatic carbocycles. The minimum atomic E-state index is -0.311. The number of carbonyl (C=O) groups excluding carboxylic acids is 1. The van der Waals surface area contributed by atoms with Crippen LogP contribution in [-0.4, -0.2) is 17.6 Å². The van der Waals surface area contributed by atoms with Crippen LogP contribution in [-0.2, 0) is 0 Å². The summed E-state index contributed by atoms with van der Waals surface area (Å²) in [5.41, 5.74) is 1.26. The molecule has 132 valence electrons. The zero-order valence-electron chi connectivity index (χ0n) is 14.2. The van der Waals surface area contributed by atoms with Gasteiger partial charge in [0.15, 0.2) is 5.11 Å². The molecule has 0 heterocycles. The lowest BCUT2D eigenvalue weighted by Crippen LogP contribution is -2.34. The van der Waals surface area contributed by atoms with Gasteiger partial charge in [0.05, 0.1) is 12.2 Å². The van der Waals surface area contributed by atoms with Crippen LogP contribution in [0.15, 0.2) is 53.0 Å². The molecule has 2 aromatic rings. The Kier molecular flexibility index (Phi) is 7.40. The first-order chi connectivity index (χ1) is 12.0. The maximum Gasteiger partial charge on any atom is 0.261 e. The van der Waals surface area contributed by atoms with Gasteiger partial charge in [0.25, 0.3) is 5.91 Å². The smallest absolute Gasteiger partial charge is 0.261 e. The van der Waals surface area contributed by atoms with Gasteiger partial charge in [-0.2, -0.15) is 0 Å². The lowest BCUT2D eigenvalue weighted by molar-refractivity contribution is 0.0973. The number of benzene rings is 2. The van der Waals surface area contributed by atoms with Gasteiger partial charge in [0, 0.05) is 10.2 Å². The SMILES string of the molecule is CC(C)CCOc1ccc(Br)cc1C(=O)NC(=S)Nc1ccccc1. The van der Waals surface area contributed by atoms with E-state index in [0.29, 0.717) is 23.8 Å². The molecule has 2 N–H and O–H groups in total. The maximum absolute atomic E-state index is 12.6. The normalized spacial score (nSPS) is 10.4. The number of hydrogen-bond donors (Lipinski definition) is 2. The zero-order valence-corrected chi connectivity index (χ0v) is 16.6. The number of thiocarbonyl (C=S) groups is 1. The second kappa shape index (κ2) is 9.53. The Bertz CT molecular complexity index is 735. The largest absolute Gasteiger partial charge is 0.493 e. The topological polar surface area (TPSA) is 50.4 Å². The van der Waals surface area contributed by atoms with E-state index in [-0.39, 0.29) is 11.0 Å². The molecule has 0 aliphatic heterocycles. The summed E-state index contributed by atoms with van der Waals surface area (Å²) in [6, 6.07) is 14.8. The summed E-state index contributed by atoms with van der Waals surface area (Å²) in [4.78, 5) is 12.6. The molecule has 0 spiro atoms. The molecular weight excluding hydrogens is 400 g/mol. The predicted molar refractivity (Wildman–Crippen MR) is 109 cm³/mol. The Morgan fingerprint density at radius 2 is 1.92 bits per heavy atom. The first kappa shape index (κ1) is 19.4. The molecule has 0 atom stereocenters. The van der Waals surface area contributed by atoms with E-state index < -0.39 is 0 Å². The molecule has 0 saturated carbocycles. The van der Waals surface area contributed by atoms with Gasteiger partial charge in [0.2, 0.25) is 0 Å². The number of halogens is 1. The maximum atomic E-state index is 12.6. The van der Waals surface area contributed by atoms with Crippen LogP contribution in [0.5, 0.6) is 5.75 Å². The summed E-state index contributed by atoms with van der Waals surface area (Å²) < 4.78 is 6.58. The van der Waals surface area contributed by atoms with E-state index in [1.165, 1.54) is 0 Å². The van der Waals surface area contributed by atoms with Gasteiger partial charge < -0.3 is 10.1 Å². The Balaban J connectivity index is 2.04. The van der Waals surface area contributed by atoms with Crippen LogP contribution in [0.4, 0.5) is 5.69 Å². The molecule has 2 rings (SSSR count). The first-order valence-electron chi connectivity index (χ1n) is 8.05. The molecule has 1 amide bonds. The minimum Gasteiger partial charge on any atom is -0.493 e. The van der Waals surface area contributed by atoms with Crippen LogP contribution in [0.1, 0.15) is 30.6 Å². The molecule has 6 heteroatoms. The third kappa shape index (κ3) is 6.48. The molecule has 0 bridgehead atoms. The van der Waals surface area contributed by atoms with E-state index in [0.717, 1.165) is 16.6 Å². The van der Waals surface area contributed by atoms with Crippen LogP contribution in [0.2, 0.25) is 0 Å². The fraction of sp³-hybridized carbons (Fsp3) is 0.263. The van der Waals surface area contributed by atoms with Crippen molar-refractivity contribution >= 4 is 44.9 Å². The van der Waals surface area contributed by atoms with Gasteiger partial charge in [-0.05, 0) is 54.9 Å². The van der Waals surface area contributed by atoms with Gasteiger partial charge in [-0.25, -0.2) is 0 Å². The van der Waals surface area contributed by atoms with Gasteiger partial charge >= 0.3 is 0 Å². The van der Waals surface area contributed by atoms with Crippen molar-refractivity contribution in [3.05, 3.63) is 58.6 Å². The van der Waals surface area contributed by atoms with Crippen molar-refractivity contribution in [3.8, 4) is 5.75 Å². The van der Waals surface area contributed by atoms with Crippen LogP contribution in [0, 0.1) is 5.92 Å². The Hall–Kier alpha value is -1.92. The fourth-order valence-electron chi connectivity index (χ4n) is 2.06. The second-order valence-electron chi connectivity index (χ2n) is 5.95. The predicted octanol–water partition coefficient (Wildman–Crippen LogP) is 5.00. The minimum absolute atomic E-state index is 0.240. The summed E-state index contributed by atoms with van der Waals surface area (Å²) in [5, 5.41) is 5.91. The van der Waals surface area contributed by atoms with Crippen LogP contribution < -0.4 is 15.4 Å². The van der Waals surface area contributed by atoms with Crippen molar-refractivity contribution < 1.29 is 9.53 Å². The summed E-state index contributed by atoms with van der Waals surface area (Å²) in [7, 11) is 0. The fourth-order valence-corrected chi connectivity index (χ4v) is 2.64. The number of para-hydroxylation sites is 1. The Morgan fingerprint density at radius 1 is 1.20 bits per heavy atom. The van der Waals surface area contributed by atoms with E-state index in [9.17, 15) is 4.79 Å². The Morgan fingerprint density at radius 3 is 2.60 bits per heavy atom. The van der Waals surface area contributed by atoms with Gasteiger partial charge in [-0.1, -0.05) is 48.0 Å². The molecule has 0 aliphatic rings. The molecule has 2 aromatic carbocycles. The van der Waals surface area contributed by atoms with Crippen LogP contribution >= 0.6 is 28.1 Å². The standard InChI is InChI=1S/C19H21BrN2O2S/c1-13(2)10-11-24-17-9-8-14(20)12-16(17)18(23)22-19(25)21-15-6-4-3-5-7-15/h3-9,12-13H,10-11H2,1-2H3,(H2,21,22,23,25). The number of ether oxygens (including phenoxy) is 1. The summed E-state index contributed by atoms with van der Waals surface area (Å²) >= 11 is 8.61. The molecule has 25 heavy (non-hydrogen) atoms. The highest BCUT2D eigenvalue weighted by Crippen LogP contribution is 2.24. The highest BCUT2D eigenvalue weighted by molar-refractivity contribution is 9.10. The third-order valence-electron chi connectivity index (χ3n) is 3.40. The number of hydrogen-bond acceptors (Lipinski definition) is 3. The van der Waals surface area contributed by atoms with Crippen LogP contribution in [0.3, 0.4) is 0 Å². The average molecular weight is 421 g/mol. The highest BCUT2D eigenvalue weighted by atomic mass is 79.9. The summed E-state index contributed by atoms with van der Waals surface area (Å²) in [5.74, 6) is 0.772. The van der Waals surface area contributed by atoms with E-state index in [4.69, 9.17) is 17.0 Å². The molecule has 4 nitrogen and oxygen atoms in total. The quantitative estimate of drug-likeness (QED) is 0.645. The van der Waals surface area contributed by atoms with Crippen molar-refractivity contribution in [1.29, 1.82) is 0 Å². The van der Waals surface area contributed by atoms with Gasteiger partial charge in [-0.15, -0.1) is 0 Å². The van der Waals surface area contributed by atoms with E-state index >= 15 is 0 Å². The number of nitrogens with one attached hydrogen (secondary N) is 2. The van der Waals surface area contributed by atoms with Crippen LogP contribution in [0.25, 0.3) is 0 Å². The highest BCUT2D eigenvalue weighted by Gasteiger charge is 2.15. The van der Waals surface area contributed by atoms with Crippen molar-refractivity contribution in [2.24, 2.45) is 5.92 Å². The third-order valence-corrected chi connectivity index (χ3v) is 4.10. The number of anilines is 1. The summed E-state index contributed by atoms with van der Waals surface area (Å²) in [6.45, 7) is 4.82. The van der Waals surface area contributed by atoms with Gasteiger partial charge in [0.1, 0.15) is 5.75 Å². The van der Waals surface area contributed by atoms with Crippen molar-refractivity contribution in [3.63, 3.8) is 0 Å². The van der Waals surface area contributed by atoms with Crippen molar-refractivity contribution in [1.82, 2.24) is 5.32 Å². The monoisotopic (exact) mass is 420 g/mol. The first-order valence-corrected chi connectivity index (χ1v) is 9.25. The molecule has 0 saturated heterocycles.